The van der Waals surface area contributed by atoms with Crippen LogP contribution in [0.4, 0.5) is 0 Å². The van der Waals surface area contributed by atoms with E-state index in [1.165, 1.54) is 0 Å². The van der Waals surface area contributed by atoms with E-state index < -0.39 is 5.60 Å². The van der Waals surface area contributed by atoms with Gasteiger partial charge in [0.25, 0.3) is 0 Å². The number of allylic oxidation sites excluding steroid dienone is 1. The van der Waals surface area contributed by atoms with Crippen molar-refractivity contribution in [1.82, 2.24) is 0 Å². The molecule has 124 valence electrons. The second-order valence-corrected chi connectivity index (χ2v) is 5.83. The van der Waals surface area contributed by atoms with Gasteiger partial charge in [-0.05, 0) is 31.0 Å². The Bertz CT molecular complexity index is 882. The molecule has 1 atom stereocenters. The van der Waals surface area contributed by atoms with E-state index in [0.29, 0.717) is 24.2 Å². The number of hydrogen-bond acceptors (Lipinski definition) is 2. The first-order valence-corrected chi connectivity index (χ1v) is 8.28. The molecule has 3 rings (SSSR count). The first-order chi connectivity index (χ1) is 12.2. The summed E-state index contributed by atoms with van der Waals surface area (Å²) in [6, 6.07) is 21.2. The maximum absolute atomic E-state index is 11.3. The molecule has 1 heterocycles. The summed E-state index contributed by atoms with van der Waals surface area (Å²) < 4.78 is 5.68. The van der Waals surface area contributed by atoms with E-state index in [-0.39, 0.29) is 0 Å². The molecule has 0 saturated heterocycles. The molecule has 2 heteroatoms. The first kappa shape index (κ1) is 16.8. The van der Waals surface area contributed by atoms with Gasteiger partial charge in [-0.2, -0.15) is 0 Å². The minimum Gasteiger partial charge on any atom is -0.464 e. The molecule has 0 aliphatic heterocycles. The summed E-state index contributed by atoms with van der Waals surface area (Å²) in [5, 5.41) is 11.3. The molecule has 1 unspecified atom stereocenters. The predicted octanol–water partition coefficient (Wildman–Crippen LogP) is 5.15. The predicted molar refractivity (Wildman–Crippen MR) is 101 cm³/mol. The van der Waals surface area contributed by atoms with Crippen molar-refractivity contribution >= 4 is 0 Å². The number of benzene rings is 2. The minimum atomic E-state index is -1.30. The van der Waals surface area contributed by atoms with Crippen molar-refractivity contribution in [1.29, 1.82) is 0 Å². The van der Waals surface area contributed by atoms with Gasteiger partial charge in [0.05, 0.1) is 6.26 Å². The number of rotatable bonds is 5. The van der Waals surface area contributed by atoms with Crippen LogP contribution in [0.2, 0.25) is 0 Å². The van der Waals surface area contributed by atoms with Crippen LogP contribution < -0.4 is 0 Å². The van der Waals surface area contributed by atoms with Gasteiger partial charge in [0, 0.05) is 16.7 Å². The molecule has 1 N–H and O–H groups in total. The second kappa shape index (κ2) is 7.70. The Balaban J connectivity index is 2.04. The van der Waals surface area contributed by atoms with E-state index in [1.54, 1.807) is 18.4 Å². The van der Waals surface area contributed by atoms with E-state index in [4.69, 9.17) is 4.42 Å². The van der Waals surface area contributed by atoms with Gasteiger partial charge in [-0.3, -0.25) is 0 Å². The average molecular weight is 328 g/mol. The summed E-state index contributed by atoms with van der Waals surface area (Å²) in [5.74, 6) is 6.79. The smallest absolute Gasteiger partial charge is 0.155 e. The highest BCUT2D eigenvalue weighted by molar-refractivity contribution is 5.64. The Morgan fingerprint density at radius 1 is 1.00 bits per heavy atom. The van der Waals surface area contributed by atoms with Crippen LogP contribution >= 0.6 is 0 Å². The zero-order valence-electron chi connectivity index (χ0n) is 14.0. The van der Waals surface area contributed by atoms with Gasteiger partial charge < -0.3 is 9.52 Å². The quantitative estimate of drug-likeness (QED) is 0.519. The van der Waals surface area contributed by atoms with Gasteiger partial charge in [-0.25, -0.2) is 0 Å². The lowest BCUT2D eigenvalue weighted by Gasteiger charge is -2.22. The van der Waals surface area contributed by atoms with E-state index >= 15 is 0 Å². The Labute approximate surface area is 148 Å². The van der Waals surface area contributed by atoms with Crippen molar-refractivity contribution in [3.05, 3.63) is 96.8 Å². The van der Waals surface area contributed by atoms with E-state index in [0.717, 1.165) is 11.1 Å². The fourth-order valence-corrected chi connectivity index (χ4v) is 2.72. The zero-order chi connectivity index (χ0) is 17.5. The van der Waals surface area contributed by atoms with Gasteiger partial charge in [-0.15, -0.1) is 6.58 Å². The summed E-state index contributed by atoms with van der Waals surface area (Å²) in [5.41, 5.74) is 1.16. The van der Waals surface area contributed by atoms with Gasteiger partial charge in [0.15, 0.2) is 5.60 Å². The topological polar surface area (TPSA) is 33.4 Å². The Hall–Kier alpha value is -3.02. The molecule has 25 heavy (non-hydrogen) atoms. The maximum atomic E-state index is 11.3. The van der Waals surface area contributed by atoms with Crippen LogP contribution in [-0.2, 0) is 5.60 Å². The first-order valence-electron chi connectivity index (χ1n) is 8.28. The van der Waals surface area contributed by atoms with Crippen molar-refractivity contribution in [3.8, 4) is 23.2 Å². The Morgan fingerprint density at radius 2 is 1.68 bits per heavy atom. The third kappa shape index (κ3) is 3.91. The van der Waals surface area contributed by atoms with E-state index in [9.17, 15) is 5.11 Å². The van der Waals surface area contributed by atoms with Crippen molar-refractivity contribution in [2.45, 2.75) is 18.4 Å². The SMILES string of the molecule is C=CCCC(O)(C#Cc1ccccc1)c1ccoc1-c1ccccc1. The average Bonchev–Trinajstić information content (AvgIpc) is 3.17. The van der Waals surface area contributed by atoms with Gasteiger partial charge >= 0.3 is 0 Å². The molecule has 2 nitrogen and oxygen atoms in total. The molecule has 0 amide bonds. The lowest BCUT2D eigenvalue weighted by molar-refractivity contribution is 0.0915. The van der Waals surface area contributed by atoms with Gasteiger partial charge in [0.2, 0.25) is 0 Å². The van der Waals surface area contributed by atoms with Crippen LogP contribution in [0.1, 0.15) is 24.0 Å². The Kier molecular flexibility index (Phi) is 5.18. The highest BCUT2D eigenvalue weighted by Crippen LogP contribution is 2.35. The fourth-order valence-electron chi connectivity index (χ4n) is 2.72. The largest absolute Gasteiger partial charge is 0.464 e. The van der Waals surface area contributed by atoms with Crippen LogP contribution in [0.25, 0.3) is 11.3 Å². The molecule has 0 radical (unpaired) electrons. The third-order valence-electron chi connectivity index (χ3n) is 4.04. The summed E-state index contributed by atoms with van der Waals surface area (Å²) in [7, 11) is 0. The van der Waals surface area contributed by atoms with Gasteiger partial charge in [-0.1, -0.05) is 66.4 Å². The molecule has 2 aromatic carbocycles. The van der Waals surface area contributed by atoms with Crippen molar-refractivity contribution in [2.24, 2.45) is 0 Å². The highest BCUT2D eigenvalue weighted by atomic mass is 16.3. The van der Waals surface area contributed by atoms with Crippen LogP contribution in [0.15, 0.2) is 90.1 Å². The summed E-state index contributed by atoms with van der Waals surface area (Å²) in [4.78, 5) is 0. The second-order valence-electron chi connectivity index (χ2n) is 5.83. The lowest BCUT2D eigenvalue weighted by Crippen LogP contribution is -2.23. The van der Waals surface area contributed by atoms with Crippen LogP contribution in [-0.4, -0.2) is 5.11 Å². The number of hydrogen-bond donors (Lipinski definition) is 1. The maximum Gasteiger partial charge on any atom is 0.155 e. The summed E-state index contributed by atoms with van der Waals surface area (Å²) in [6.45, 7) is 3.76. The standard InChI is InChI=1S/C23H20O2/c1-2-3-16-23(24,17-14-19-10-6-4-7-11-19)21-15-18-25-22(21)20-12-8-5-9-13-20/h2,4-13,15,18,24H,1,3,16H2. The van der Waals surface area contributed by atoms with Crippen molar-refractivity contribution in [2.75, 3.05) is 0 Å². The summed E-state index contributed by atoms with van der Waals surface area (Å²) in [6.07, 6.45) is 4.49. The van der Waals surface area contributed by atoms with Crippen LogP contribution in [0, 0.1) is 11.8 Å². The van der Waals surface area contributed by atoms with E-state index in [1.807, 2.05) is 60.7 Å². The lowest BCUT2D eigenvalue weighted by atomic mass is 9.88. The fraction of sp³-hybridized carbons (Fsp3) is 0.130. The molecular weight excluding hydrogens is 308 g/mol. The van der Waals surface area contributed by atoms with Crippen molar-refractivity contribution < 1.29 is 9.52 Å². The molecule has 0 spiro atoms. The molecule has 0 aliphatic rings. The molecule has 3 aromatic rings. The Morgan fingerprint density at radius 3 is 2.36 bits per heavy atom. The van der Waals surface area contributed by atoms with Crippen LogP contribution in [0.5, 0.6) is 0 Å². The molecular formula is C23H20O2. The van der Waals surface area contributed by atoms with Crippen LogP contribution in [0.3, 0.4) is 0 Å². The van der Waals surface area contributed by atoms with Crippen molar-refractivity contribution in [3.63, 3.8) is 0 Å². The molecule has 1 aromatic heterocycles. The number of furan rings is 1. The summed E-state index contributed by atoms with van der Waals surface area (Å²) >= 11 is 0. The minimum absolute atomic E-state index is 0.454. The normalized spacial score (nSPS) is 12.7. The zero-order valence-corrected chi connectivity index (χ0v) is 14.0. The number of aliphatic hydroxyl groups is 1. The monoisotopic (exact) mass is 328 g/mol. The molecule has 0 aliphatic carbocycles. The van der Waals surface area contributed by atoms with E-state index in [2.05, 4.69) is 18.4 Å². The molecule has 0 fully saturated rings. The third-order valence-corrected chi connectivity index (χ3v) is 4.04. The van der Waals surface area contributed by atoms with Gasteiger partial charge in [0.1, 0.15) is 5.76 Å². The molecule has 0 bridgehead atoms. The molecule has 0 saturated carbocycles. The highest BCUT2D eigenvalue weighted by Gasteiger charge is 2.31.